The zero-order valence-corrected chi connectivity index (χ0v) is 11.4. The van der Waals surface area contributed by atoms with E-state index in [1.807, 2.05) is 0 Å². The minimum atomic E-state index is -1.88. The van der Waals surface area contributed by atoms with E-state index >= 15 is 0 Å². The Morgan fingerprint density at radius 3 is 2.36 bits per heavy atom. The highest BCUT2D eigenvalue weighted by Crippen LogP contribution is 2.39. The van der Waals surface area contributed by atoms with Crippen LogP contribution in [0.4, 0.5) is 0 Å². The van der Waals surface area contributed by atoms with Gasteiger partial charge in [-0.2, -0.15) is 0 Å². The standard InChI is InChI=1S/C11H14N4O7/c12-9(18)7-1-10(14(19)20)4-11(2-7,15(21)22)6-13(5-10)3-8(16)17/h1H,2-6H2,(H2,12,18)(H,16,17)/t10-,11+/m0/s1. The fraction of sp³-hybridized carbons (Fsp3) is 0.636. The number of hydrogen-bond acceptors (Lipinski definition) is 7. The van der Waals surface area contributed by atoms with E-state index in [0.717, 1.165) is 6.08 Å². The van der Waals surface area contributed by atoms with Crippen LogP contribution in [-0.4, -0.2) is 52.4 Å². The Kier molecular flexibility index (Phi) is 3.61. The lowest BCUT2D eigenvalue weighted by atomic mass is 9.69. The van der Waals surface area contributed by atoms with Crippen molar-refractivity contribution in [3.63, 3.8) is 0 Å². The normalized spacial score (nSPS) is 33.6. The van der Waals surface area contributed by atoms with Gasteiger partial charge in [-0.25, -0.2) is 0 Å². The lowest BCUT2D eigenvalue weighted by molar-refractivity contribution is -0.938. The molecule has 0 aromatic rings. The number of nitro groups is 2. The van der Waals surface area contributed by atoms with Crippen molar-refractivity contribution in [2.45, 2.75) is 23.9 Å². The van der Waals surface area contributed by atoms with Crippen molar-refractivity contribution < 1.29 is 29.4 Å². The van der Waals surface area contributed by atoms with Crippen molar-refractivity contribution in [3.05, 3.63) is 31.9 Å². The lowest BCUT2D eigenvalue weighted by Crippen LogP contribution is -3.19. The van der Waals surface area contributed by atoms with E-state index in [9.17, 15) is 34.9 Å². The lowest BCUT2D eigenvalue weighted by Gasteiger charge is -2.42. The number of fused-ring (bicyclic) bond motifs is 2. The van der Waals surface area contributed by atoms with Crippen LogP contribution in [0, 0.1) is 20.2 Å². The number of likely N-dealkylation sites (tertiary alicyclic amines) is 1. The number of carboxylic acid groups (broad SMARTS) is 1. The maximum absolute atomic E-state index is 11.5. The van der Waals surface area contributed by atoms with E-state index in [-0.39, 0.29) is 30.0 Å². The number of quaternary nitrogens is 1. The highest BCUT2D eigenvalue weighted by Gasteiger charge is 2.67. The maximum Gasteiger partial charge on any atom is 0.295 e. The third kappa shape index (κ3) is 2.50. The van der Waals surface area contributed by atoms with E-state index in [0.29, 0.717) is 0 Å². The number of nitrogens with one attached hydrogen (secondary N) is 1. The summed E-state index contributed by atoms with van der Waals surface area (Å²) in [4.78, 5) is 43.8. The fourth-order valence-corrected chi connectivity index (χ4v) is 3.48. The fourth-order valence-electron chi connectivity index (χ4n) is 3.48. The van der Waals surface area contributed by atoms with Gasteiger partial charge in [0.2, 0.25) is 5.91 Å². The minimum absolute atomic E-state index is 0.160. The molecule has 1 aliphatic carbocycles. The van der Waals surface area contributed by atoms with E-state index in [1.165, 1.54) is 0 Å². The monoisotopic (exact) mass is 314 g/mol. The van der Waals surface area contributed by atoms with Crippen molar-refractivity contribution in [1.82, 2.24) is 0 Å². The Bertz CT molecular complexity index is 603. The molecule has 1 amide bonds. The molecule has 0 aromatic carbocycles. The molecule has 2 bridgehead atoms. The zero-order chi connectivity index (χ0) is 16.7. The molecule has 3 N–H and O–H groups in total. The molecule has 2 aliphatic rings. The van der Waals surface area contributed by atoms with E-state index in [4.69, 9.17) is 5.73 Å². The molecule has 120 valence electrons. The zero-order valence-electron chi connectivity index (χ0n) is 11.4. The van der Waals surface area contributed by atoms with Crippen LogP contribution in [0.15, 0.2) is 11.6 Å². The second-order valence-corrected chi connectivity index (χ2v) is 5.88. The summed E-state index contributed by atoms with van der Waals surface area (Å²) >= 11 is 0. The average molecular weight is 314 g/mol. The van der Waals surface area contributed by atoms with Gasteiger partial charge in [0.1, 0.15) is 19.5 Å². The first-order chi connectivity index (χ1) is 10.1. The summed E-state index contributed by atoms with van der Waals surface area (Å²) in [6.45, 7) is -1.10. The number of rotatable bonds is 5. The molecule has 1 saturated heterocycles. The minimum Gasteiger partial charge on any atom is -0.544 e. The van der Waals surface area contributed by atoms with Gasteiger partial charge in [0.05, 0.1) is 12.4 Å². The molecule has 1 unspecified atom stereocenters. The van der Waals surface area contributed by atoms with E-state index in [2.05, 4.69) is 0 Å². The van der Waals surface area contributed by atoms with Crippen LogP contribution in [0.2, 0.25) is 0 Å². The van der Waals surface area contributed by atoms with Gasteiger partial charge in [0.25, 0.3) is 11.1 Å². The van der Waals surface area contributed by atoms with Crippen molar-refractivity contribution in [2.75, 3.05) is 19.6 Å². The van der Waals surface area contributed by atoms with Crippen LogP contribution < -0.4 is 15.7 Å². The number of primary amides is 1. The van der Waals surface area contributed by atoms with Gasteiger partial charge in [-0.1, -0.05) is 0 Å². The van der Waals surface area contributed by atoms with Gasteiger partial charge in [0.15, 0.2) is 6.54 Å². The first kappa shape index (κ1) is 15.8. The van der Waals surface area contributed by atoms with Gasteiger partial charge in [-0.15, -0.1) is 0 Å². The molecule has 11 nitrogen and oxygen atoms in total. The van der Waals surface area contributed by atoms with Gasteiger partial charge in [0, 0.05) is 21.5 Å². The van der Waals surface area contributed by atoms with Crippen LogP contribution in [0.3, 0.4) is 0 Å². The van der Waals surface area contributed by atoms with Crippen LogP contribution in [0.1, 0.15) is 12.8 Å². The molecule has 0 spiro atoms. The Labute approximate surface area is 123 Å². The van der Waals surface area contributed by atoms with Crippen molar-refractivity contribution >= 4 is 11.9 Å². The van der Waals surface area contributed by atoms with Crippen LogP contribution in [0.25, 0.3) is 0 Å². The summed E-state index contributed by atoms with van der Waals surface area (Å²) in [6.07, 6.45) is 0.306. The Hall–Kier alpha value is -2.56. The third-order valence-corrected chi connectivity index (χ3v) is 4.19. The number of carbonyl (C=O) groups excluding carboxylic acids is 2. The second-order valence-electron chi connectivity index (χ2n) is 5.88. The van der Waals surface area contributed by atoms with Crippen molar-refractivity contribution in [1.29, 1.82) is 0 Å². The highest BCUT2D eigenvalue weighted by atomic mass is 16.6. The molecule has 3 atom stereocenters. The smallest absolute Gasteiger partial charge is 0.295 e. The molecule has 0 radical (unpaired) electrons. The number of piperidine rings is 1. The molecule has 22 heavy (non-hydrogen) atoms. The summed E-state index contributed by atoms with van der Waals surface area (Å²) in [7, 11) is 0. The topological polar surface area (TPSA) is 174 Å². The summed E-state index contributed by atoms with van der Waals surface area (Å²) in [6, 6.07) is 0. The molecule has 2 rings (SSSR count). The van der Waals surface area contributed by atoms with Gasteiger partial charge in [-0.05, 0) is 0 Å². The summed E-state index contributed by atoms with van der Waals surface area (Å²) in [5.74, 6) is -2.40. The Morgan fingerprint density at radius 1 is 1.27 bits per heavy atom. The molecule has 0 saturated carbocycles. The number of aliphatic carboxylic acids is 1. The first-order valence-corrected chi connectivity index (χ1v) is 6.44. The van der Waals surface area contributed by atoms with Gasteiger partial charge >= 0.3 is 0 Å². The Morgan fingerprint density at radius 2 is 1.91 bits per heavy atom. The molecule has 1 fully saturated rings. The number of hydrogen-bond donors (Lipinski definition) is 2. The highest BCUT2D eigenvalue weighted by molar-refractivity contribution is 5.92. The molecule has 1 aliphatic heterocycles. The third-order valence-electron chi connectivity index (χ3n) is 4.19. The predicted molar refractivity (Wildman–Crippen MR) is 66.5 cm³/mol. The van der Waals surface area contributed by atoms with Crippen LogP contribution >= 0.6 is 0 Å². The molecule has 0 aromatic heterocycles. The van der Waals surface area contributed by atoms with E-state index in [1.54, 1.807) is 0 Å². The van der Waals surface area contributed by atoms with Crippen LogP contribution in [0.5, 0.6) is 0 Å². The maximum atomic E-state index is 11.5. The van der Waals surface area contributed by atoms with Crippen molar-refractivity contribution in [2.24, 2.45) is 5.73 Å². The molecular formula is C11H14N4O7. The van der Waals surface area contributed by atoms with E-state index < -0.39 is 45.8 Å². The summed E-state index contributed by atoms with van der Waals surface area (Å²) in [5.41, 5.74) is 1.32. The first-order valence-electron chi connectivity index (χ1n) is 6.44. The quantitative estimate of drug-likeness (QED) is 0.382. The predicted octanol–water partition coefficient (Wildman–Crippen LogP) is -4.13. The summed E-state index contributed by atoms with van der Waals surface area (Å²) in [5, 5.41) is 33.7. The number of carboxylic acids is 1. The number of carbonyl (C=O) groups is 2. The molecule has 11 heteroatoms. The number of nitrogens with two attached hydrogens (primary N) is 1. The SMILES string of the molecule is NC(=O)C1=C[C@@]2([N+](=O)[O-])C[NH+](CC(=O)[O-])C[C@@]([N+](=O)[O-])(C1)C2. The van der Waals surface area contributed by atoms with Crippen molar-refractivity contribution in [3.8, 4) is 0 Å². The van der Waals surface area contributed by atoms with Gasteiger partial charge in [-0.3, -0.25) is 25.0 Å². The van der Waals surface area contributed by atoms with Gasteiger partial charge < -0.3 is 20.5 Å². The second kappa shape index (κ2) is 5.02. The van der Waals surface area contributed by atoms with Crippen LogP contribution in [-0.2, 0) is 9.59 Å². The Balaban J connectivity index is 2.54. The summed E-state index contributed by atoms with van der Waals surface area (Å²) < 4.78 is 0. The largest absolute Gasteiger partial charge is 0.544 e. The molecular weight excluding hydrogens is 300 g/mol. The number of amides is 1. The number of nitrogens with zero attached hydrogens (tertiary/aromatic N) is 2. The molecule has 1 heterocycles. The average Bonchev–Trinajstić information content (AvgIpc) is 2.36.